The molecule has 0 saturated carbocycles. The summed E-state index contributed by atoms with van der Waals surface area (Å²) in [4.78, 5) is 2.10. The minimum absolute atomic E-state index is 0.658. The van der Waals surface area contributed by atoms with Crippen molar-refractivity contribution in [2.24, 2.45) is 0 Å². The SMILES string of the molecule is CCN(C(=S)NCCOC)c1ccccc1C. The largest absolute Gasteiger partial charge is 0.383 e. The highest BCUT2D eigenvalue weighted by atomic mass is 32.1. The highest BCUT2D eigenvalue weighted by molar-refractivity contribution is 7.80. The van der Waals surface area contributed by atoms with Crippen molar-refractivity contribution >= 4 is 23.0 Å². The molecule has 94 valence electrons. The summed E-state index contributed by atoms with van der Waals surface area (Å²) in [6, 6.07) is 8.25. The molecule has 0 atom stereocenters. The second-order valence-electron chi connectivity index (χ2n) is 3.76. The van der Waals surface area contributed by atoms with Gasteiger partial charge in [-0.3, -0.25) is 0 Å². The average molecular weight is 252 g/mol. The molecule has 0 aliphatic heterocycles. The third-order valence-electron chi connectivity index (χ3n) is 2.55. The Morgan fingerprint density at radius 1 is 1.41 bits per heavy atom. The fraction of sp³-hybridized carbons (Fsp3) is 0.462. The van der Waals surface area contributed by atoms with E-state index in [-0.39, 0.29) is 0 Å². The van der Waals surface area contributed by atoms with Crippen molar-refractivity contribution in [3.63, 3.8) is 0 Å². The molecule has 0 heterocycles. The van der Waals surface area contributed by atoms with Gasteiger partial charge >= 0.3 is 0 Å². The Morgan fingerprint density at radius 2 is 2.12 bits per heavy atom. The van der Waals surface area contributed by atoms with Crippen LogP contribution in [0.3, 0.4) is 0 Å². The lowest BCUT2D eigenvalue weighted by Crippen LogP contribution is -2.41. The summed E-state index contributed by atoms with van der Waals surface area (Å²) in [5, 5.41) is 3.94. The van der Waals surface area contributed by atoms with E-state index in [0.29, 0.717) is 6.61 Å². The molecule has 3 nitrogen and oxygen atoms in total. The summed E-state index contributed by atoms with van der Waals surface area (Å²) >= 11 is 5.39. The molecular weight excluding hydrogens is 232 g/mol. The van der Waals surface area contributed by atoms with Crippen LogP contribution in [0.1, 0.15) is 12.5 Å². The molecule has 0 spiro atoms. The maximum Gasteiger partial charge on any atom is 0.173 e. The van der Waals surface area contributed by atoms with Crippen LogP contribution in [0.25, 0.3) is 0 Å². The Morgan fingerprint density at radius 3 is 2.71 bits per heavy atom. The molecule has 0 bridgehead atoms. The number of anilines is 1. The highest BCUT2D eigenvalue weighted by Crippen LogP contribution is 2.19. The van der Waals surface area contributed by atoms with E-state index in [1.165, 1.54) is 5.56 Å². The molecule has 0 amide bonds. The van der Waals surface area contributed by atoms with E-state index in [2.05, 4.69) is 36.2 Å². The van der Waals surface area contributed by atoms with Gasteiger partial charge in [-0.2, -0.15) is 0 Å². The number of nitrogens with zero attached hydrogens (tertiary/aromatic N) is 1. The van der Waals surface area contributed by atoms with Crippen LogP contribution in [0.15, 0.2) is 24.3 Å². The van der Waals surface area contributed by atoms with Gasteiger partial charge in [0.25, 0.3) is 0 Å². The van der Waals surface area contributed by atoms with Crippen molar-refractivity contribution in [3.05, 3.63) is 29.8 Å². The summed E-state index contributed by atoms with van der Waals surface area (Å²) in [5.74, 6) is 0. The number of ether oxygens (including phenoxy) is 1. The van der Waals surface area contributed by atoms with Gasteiger partial charge in [0.05, 0.1) is 6.61 Å². The number of hydrogen-bond acceptors (Lipinski definition) is 2. The maximum atomic E-state index is 5.39. The molecule has 0 aromatic heterocycles. The molecule has 0 aliphatic carbocycles. The third kappa shape index (κ3) is 3.98. The lowest BCUT2D eigenvalue weighted by Gasteiger charge is -2.26. The molecule has 1 N–H and O–H groups in total. The molecule has 1 aromatic carbocycles. The van der Waals surface area contributed by atoms with E-state index in [0.717, 1.165) is 23.9 Å². The Balaban J connectivity index is 2.71. The van der Waals surface area contributed by atoms with E-state index >= 15 is 0 Å². The van der Waals surface area contributed by atoms with Crippen LogP contribution in [0.4, 0.5) is 5.69 Å². The maximum absolute atomic E-state index is 5.39. The molecule has 0 fully saturated rings. The quantitative estimate of drug-likeness (QED) is 0.642. The zero-order chi connectivity index (χ0) is 12.7. The Labute approximate surface area is 109 Å². The van der Waals surface area contributed by atoms with Crippen LogP contribution < -0.4 is 10.2 Å². The number of methoxy groups -OCH3 is 1. The van der Waals surface area contributed by atoms with Crippen LogP contribution in [0.2, 0.25) is 0 Å². The zero-order valence-electron chi connectivity index (χ0n) is 10.7. The van der Waals surface area contributed by atoms with Crippen molar-refractivity contribution in [1.82, 2.24) is 5.32 Å². The smallest absolute Gasteiger partial charge is 0.173 e. The van der Waals surface area contributed by atoms with Gasteiger partial charge in [0.2, 0.25) is 0 Å². The van der Waals surface area contributed by atoms with Crippen molar-refractivity contribution in [3.8, 4) is 0 Å². The molecule has 0 unspecified atom stereocenters. The van der Waals surface area contributed by atoms with Crippen molar-refractivity contribution in [2.75, 3.05) is 31.7 Å². The van der Waals surface area contributed by atoms with Crippen LogP contribution in [-0.4, -0.2) is 31.9 Å². The van der Waals surface area contributed by atoms with Gasteiger partial charge in [0.15, 0.2) is 5.11 Å². The standard InChI is InChI=1S/C13H20N2OS/c1-4-15(13(17)14-9-10-16-3)12-8-6-5-7-11(12)2/h5-8H,4,9-10H2,1-3H3,(H,14,17). The predicted octanol–water partition coefficient (Wildman–Crippen LogP) is 2.34. The van der Waals surface area contributed by atoms with Gasteiger partial charge < -0.3 is 15.0 Å². The summed E-state index contributed by atoms with van der Waals surface area (Å²) in [7, 11) is 1.68. The number of hydrogen-bond donors (Lipinski definition) is 1. The number of aryl methyl sites for hydroxylation is 1. The fourth-order valence-corrected chi connectivity index (χ4v) is 1.97. The second-order valence-corrected chi connectivity index (χ2v) is 4.14. The van der Waals surface area contributed by atoms with E-state index in [1.54, 1.807) is 7.11 Å². The molecule has 0 radical (unpaired) electrons. The van der Waals surface area contributed by atoms with Crippen molar-refractivity contribution < 1.29 is 4.74 Å². The lowest BCUT2D eigenvalue weighted by atomic mass is 10.2. The van der Waals surface area contributed by atoms with Crippen molar-refractivity contribution in [1.29, 1.82) is 0 Å². The third-order valence-corrected chi connectivity index (χ3v) is 2.91. The number of benzene rings is 1. The predicted molar refractivity (Wildman–Crippen MR) is 76.7 cm³/mol. The number of nitrogens with one attached hydrogen (secondary N) is 1. The monoisotopic (exact) mass is 252 g/mol. The Hall–Kier alpha value is -1.13. The number of para-hydroxylation sites is 1. The summed E-state index contributed by atoms with van der Waals surface area (Å²) in [6.45, 7) is 6.43. The number of rotatable bonds is 5. The van der Waals surface area contributed by atoms with Gasteiger partial charge in [0, 0.05) is 25.9 Å². The first-order valence-electron chi connectivity index (χ1n) is 5.80. The van der Waals surface area contributed by atoms with E-state index in [1.807, 2.05) is 12.1 Å². The fourth-order valence-electron chi connectivity index (χ4n) is 1.65. The average Bonchev–Trinajstić information content (AvgIpc) is 2.33. The molecular formula is C13H20N2OS. The topological polar surface area (TPSA) is 24.5 Å². The summed E-state index contributed by atoms with van der Waals surface area (Å²) in [6.07, 6.45) is 0. The zero-order valence-corrected chi connectivity index (χ0v) is 11.5. The Bertz CT molecular complexity index is 368. The summed E-state index contributed by atoms with van der Waals surface area (Å²) in [5.41, 5.74) is 2.38. The van der Waals surface area contributed by atoms with Crippen LogP contribution >= 0.6 is 12.2 Å². The lowest BCUT2D eigenvalue weighted by molar-refractivity contribution is 0.204. The molecule has 1 rings (SSSR count). The minimum Gasteiger partial charge on any atom is -0.383 e. The van der Waals surface area contributed by atoms with Gasteiger partial charge in [-0.25, -0.2) is 0 Å². The van der Waals surface area contributed by atoms with Crippen LogP contribution in [0.5, 0.6) is 0 Å². The highest BCUT2D eigenvalue weighted by Gasteiger charge is 2.11. The molecule has 0 aliphatic rings. The van der Waals surface area contributed by atoms with Gasteiger partial charge in [-0.1, -0.05) is 18.2 Å². The first kappa shape index (κ1) is 13.9. The molecule has 4 heteroatoms. The molecule has 1 aromatic rings. The van der Waals surface area contributed by atoms with E-state index in [9.17, 15) is 0 Å². The second kappa shape index (κ2) is 7.25. The van der Waals surface area contributed by atoms with Gasteiger partial charge in [-0.05, 0) is 37.7 Å². The first-order valence-corrected chi connectivity index (χ1v) is 6.21. The van der Waals surface area contributed by atoms with E-state index in [4.69, 9.17) is 17.0 Å². The minimum atomic E-state index is 0.658. The molecule has 0 saturated heterocycles. The number of thiocarbonyl (C=S) groups is 1. The van der Waals surface area contributed by atoms with Crippen LogP contribution in [-0.2, 0) is 4.74 Å². The summed E-state index contributed by atoms with van der Waals surface area (Å²) < 4.78 is 4.99. The Kier molecular flexibility index (Phi) is 5.94. The first-order chi connectivity index (χ1) is 8.20. The van der Waals surface area contributed by atoms with Crippen LogP contribution in [0, 0.1) is 6.92 Å². The van der Waals surface area contributed by atoms with Crippen molar-refractivity contribution in [2.45, 2.75) is 13.8 Å². The normalized spacial score (nSPS) is 10.1. The van der Waals surface area contributed by atoms with E-state index < -0.39 is 0 Å². The molecule has 17 heavy (non-hydrogen) atoms. The van der Waals surface area contributed by atoms with Gasteiger partial charge in [0.1, 0.15) is 0 Å². The van der Waals surface area contributed by atoms with Gasteiger partial charge in [-0.15, -0.1) is 0 Å².